The number of carbonyl (C=O) groups is 5. The molecule has 0 saturated carbocycles. The third kappa shape index (κ3) is 15.5. The van der Waals surface area contributed by atoms with Gasteiger partial charge in [0.05, 0.1) is 18.6 Å². The number of aromatic nitrogens is 2. The summed E-state index contributed by atoms with van der Waals surface area (Å²) in [4.78, 5) is 73.6. The summed E-state index contributed by atoms with van der Waals surface area (Å²) >= 11 is 0. The van der Waals surface area contributed by atoms with Gasteiger partial charge in [0, 0.05) is 38.3 Å². The van der Waals surface area contributed by atoms with Crippen LogP contribution in [0.25, 0.3) is 0 Å². The van der Waals surface area contributed by atoms with Crippen LogP contribution in [0.5, 0.6) is 0 Å². The number of aliphatic hydroxyl groups is 1. The van der Waals surface area contributed by atoms with Crippen LogP contribution in [-0.4, -0.2) is 75.6 Å². The smallest absolute Gasteiger partial charge is 0.408 e. The van der Waals surface area contributed by atoms with Crippen molar-refractivity contribution in [1.29, 1.82) is 0 Å². The number of ether oxygens (including phenoxy) is 1. The Morgan fingerprint density at radius 3 is 2.08 bits per heavy atom. The number of alkyl carbamates (subject to hydrolysis) is 1. The van der Waals surface area contributed by atoms with E-state index in [4.69, 9.17) is 9.15 Å². The fraction of sp³-hybridized carbons (Fsp3) is 0.639. The molecule has 5 atom stereocenters. The molecule has 6 N–H and O–H groups in total. The Kier molecular flexibility index (Phi) is 17.5. The summed E-state index contributed by atoms with van der Waals surface area (Å²) in [7, 11) is 0. The summed E-state index contributed by atoms with van der Waals surface area (Å²) in [6, 6.07) is 0.517. The van der Waals surface area contributed by atoms with E-state index in [1.807, 2.05) is 41.5 Å². The molecule has 15 heteroatoms. The Labute approximate surface area is 300 Å². The molecule has 0 saturated heterocycles. The number of rotatable bonds is 20. The summed E-state index contributed by atoms with van der Waals surface area (Å²) in [5, 5.41) is 25.0. The highest BCUT2D eigenvalue weighted by atomic mass is 16.5. The molecule has 0 aliphatic rings. The lowest BCUT2D eigenvalue weighted by atomic mass is 9.91. The monoisotopic (exact) mass is 715 g/mol. The standard InChI is InChI=1S/C36H57N7O8/c1-20(2)14-27(30(44)15-23(7)33(46)43-32(22(5)6)35(48)39-17-21(3)4)41-34(47)28(16-31(45)38-18-26-10-12-37-13-11-26)42-36(49)50-19-29-24(8)51-25(9)40-29/h10-13,20-23,27-28,30,32,44H,14-19H2,1-9H3,(H,38,45)(H,39,48)(H,41,47)(H,42,49)(H,43,46). The number of pyridine rings is 1. The highest BCUT2D eigenvalue weighted by Gasteiger charge is 2.32. The highest BCUT2D eigenvalue weighted by Crippen LogP contribution is 2.17. The van der Waals surface area contributed by atoms with Crippen LogP contribution in [-0.2, 0) is 37.1 Å². The maximum absolute atomic E-state index is 13.7. The van der Waals surface area contributed by atoms with Gasteiger partial charge in [-0.15, -0.1) is 0 Å². The molecular formula is C36H57N7O8. The molecule has 2 rings (SSSR count). The van der Waals surface area contributed by atoms with E-state index in [0.717, 1.165) is 5.56 Å². The molecule has 0 fully saturated rings. The molecule has 284 valence electrons. The van der Waals surface area contributed by atoms with E-state index in [1.54, 1.807) is 45.3 Å². The van der Waals surface area contributed by atoms with Crippen LogP contribution in [0.3, 0.4) is 0 Å². The Balaban J connectivity index is 2.15. The number of carbonyl (C=O) groups excluding carboxylic acids is 5. The molecule has 0 spiro atoms. The number of hydrogen-bond acceptors (Lipinski definition) is 10. The van der Waals surface area contributed by atoms with Gasteiger partial charge >= 0.3 is 6.09 Å². The highest BCUT2D eigenvalue weighted by molar-refractivity contribution is 5.91. The van der Waals surface area contributed by atoms with E-state index in [-0.39, 0.29) is 43.2 Å². The van der Waals surface area contributed by atoms with E-state index < -0.39 is 60.4 Å². The normalized spacial score (nSPS) is 14.3. The van der Waals surface area contributed by atoms with Crippen LogP contribution in [0, 0.1) is 37.5 Å². The van der Waals surface area contributed by atoms with Crippen LogP contribution < -0.4 is 26.6 Å². The van der Waals surface area contributed by atoms with E-state index in [9.17, 15) is 29.1 Å². The zero-order valence-electron chi connectivity index (χ0n) is 31.4. The molecular weight excluding hydrogens is 658 g/mol. The molecule has 0 aromatic carbocycles. The number of nitrogens with one attached hydrogen (secondary N) is 5. The van der Waals surface area contributed by atoms with Crippen molar-refractivity contribution in [3.05, 3.63) is 47.4 Å². The van der Waals surface area contributed by atoms with Crippen LogP contribution in [0.15, 0.2) is 28.9 Å². The maximum atomic E-state index is 13.7. The minimum absolute atomic E-state index is 0.0229. The van der Waals surface area contributed by atoms with E-state index in [0.29, 0.717) is 30.3 Å². The van der Waals surface area contributed by atoms with Gasteiger partial charge in [0.25, 0.3) is 0 Å². The van der Waals surface area contributed by atoms with E-state index in [2.05, 4.69) is 36.6 Å². The van der Waals surface area contributed by atoms with Crippen molar-refractivity contribution in [3.63, 3.8) is 0 Å². The SMILES string of the molecule is Cc1nc(COC(=O)NC(CC(=O)NCc2ccncc2)C(=O)NC(CC(C)C)C(O)CC(C)C(=O)NC(C(=O)NCC(C)C)C(C)C)c(C)o1. The quantitative estimate of drug-likeness (QED) is 0.118. The fourth-order valence-corrected chi connectivity index (χ4v) is 5.17. The number of aliphatic hydroxyl groups excluding tert-OH is 1. The molecule has 0 aliphatic carbocycles. The molecule has 0 radical (unpaired) electrons. The lowest BCUT2D eigenvalue weighted by molar-refractivity contribution is -0.132. The Bertz CT molecular complexity index is 1430. The van der Waals surface area contributed by atoms with Gasteiger partial charge in [-0.05, 0) is 55.2 Å². The summed E-state index contributed by atoms with van der Waals surface area (Å²) in [5.41, 5.74) is 1.20. The minimum Gasteiger partial charge on any atom is -0.446 e. The van der Waals surface area contributed by atoms with Crippen molar-refractivity contribution in [2.24, 2.45) is 23.7 Å². The summed E-state index contributed by atoms with van der Waals surface area (Å²) in [6.07, 6.45) is 0.939. The third-order valence-corrected chi connectivity index (χ3v) is 8.07. The first-order valence-corrected chi connectivity index (χ1v) is 17.5. The number of nitrogens with zero attached hydrogens (tertiary/aromatic N) is 2. The Morgan fingerprint density at radius 1 is 0.843 bits per heavy atom. The molecule has 2 heterocycles. The Morgan fingerprint density at radius 2 is 1.51 bits per heavy atom. The lowest BCUT2D eigenvalue weighted by Gasteiger charge is -2.30. The lowest BCUT2D eigenvalue weighted by Crippen LogP contribution is -2.55. The maximum Gasteiger partial charge on any atom is 0.408 e. The van der Waals surface area contributed by atoms with Crippen molar-refractivity contribution in [2.45, 2.75) is 119 Å². The largest absolute Gasteiger partial charge is 0.446 e. The van der Waals surface area contributed by atoms with Crippen molar-refractivity contribution in [3.8, 4) is 0 Å². The molecule has 2 aromatic rings. The third-order valence-electron chi connectivity index (χ3n) is 8.07. The second kappa shape index (κ2) is 21.0. The topological polar surface area (TPSA) is 214 Å². The predicted molar refractivity (Wildman–Crippen MR) is 190 cm³/mol. The van der Waals surface area contributed by atoms with E-state index >= 15 is 0 Å². The van der Waals surface area contributed by atoms with Crippen molar-refractivity contribution in [1.82, 2.24) is 36.6 Å². The summed E-state index contributed by atoms with van der Waals surface area (Å²) in [6.45, 7) is 16.9. The zero-order chi connectivity index (χ0) is 38.2. The van der Waals surface area contributed by atoms with Crippen LogP contribution in [0.1, 0.15) is 90.6 Å². The average molecular weight is 716 g/mol. The predicted octanol–water partition coefficient (Wildman–Crippen LogP) is 2.82. The zero-order valence-corrected chi connectivity index (χ0v) is 31.4. The molecule has 5 unspecified atom stereocenters. The van der Waals surface area contributed by atoms with Crippen LogP contribution in [0.4, 0.5) is 4.79 Å². The van der Waals surface area contributed by atoms with Gasteiger partial charge in [-0.1, -0.05) is 48.5 Å². The summed E-state index contributed by atoms with van der Waals surface area (Å²) in [5.74, 6) is -1.65. The number of amides is 5. The van der Waals surface area contributed by atoms with Crippen molar-refractivity contribution in [2.75, 3.05) is 6.54 Å². The minimum atomic E-state index is -1.37. The fourth-order valence-electron chi connectivity index (χ4n) is 5.17. The van der Waals surface area contributed by atoms with E-state index in [1.165, 1.54) is 0 Å². The van der Waals surface area contributed by atoms with Crippen LogP contribution in [0.2, 0.25) is 0 Å². The first-order chi connectivity index (χ1) is 24.0. The molecule has 5 amide bonds. The summed E-state index contributed by atoms with van der Waals surface area (Å²) < 4.78 is 10.7. The van der Waals surface area contributed by atoms with Crippen molar-refractivity contribution >= 4 is 29.7 Å². The van der Waals surface area contributed by atoms with Gasteiger partial charge < -0.3 is 40.8 Å². The number of aryl methyl sites for hydroxylation is 2. The molecule has 15 nitrogen and oxygen atoms in total. The second-order valence-corrected chi connectivity index (χ2v) is 14.2. The van der Waals surface area contributed by atoms with Crippen molar-refractivity contribution < 1.29 is 38.2 Å². The van der Waals surface area contributed by atoms with Gasteiger partial charge in [-0.25, -0.2) is 9.78 Å². The molecule has 0 aliphatic heterocycles. The molecule has 2 aromatic heterocycles. The average Bonchev–Trinajstić information content (AvgIpc) is 3.39. The number of hydrogen-bond donors (Lipinski definition) is 6. The number of oxazole rings is 1. The Hall–Kier alpha value is -4.53. The second-order valence-electron chi connectivity index (χ2n) is 14.2. The van der Waals surface area contributed by atoms with Gasteiger partial charge in [0.15, 0.2) is 5.89 Å². The molecule has 51 heavy (non-hydrogen) atoms. The molecule has 0 bridgehead atoms. The first kappa shape index (κ1) is 42.6. The van der Waals surface area contributed by atoms with Gasteiger partial charge in [-0.2, -0.15) is 0 Å². The van der Waals surface area contributed by atoms with Gasteiger partial charge in [0.1, 0.15) is 30.1 Å². The van der Waals surface area contributed by atoms with Gasteiger partial charge in [0.2, 0.25) is 23.6 Å². The van der Waals surface area contributed by atoms with Crippen LogP contribution >= 0.6 is 0 Å². The first-order valence-electron chi connectivity index (χ1n) is 17.5. The van der Waals surface area contributed by atoms with Gasteiger partial charge in [-0.3, -0.25) is 24.2 Å².